The lowest BCUT2D eigenvalue weighted by molar-refractivity contribution is -0.129. The Morgan fingerprint density at radius 2 is 1.92 bits per heavy atom. The van der Waals surface area contributed by atoms with E-state index in [-0.39, 0.29) is 29.4 Å². The number of hydrogen-bond donors (Lipinski definition) is 0. The topological polar surface area (TPSA) is 49.9 Å². The van der Waals surface area contributed by atoms with Crippen molar-refractivity contribution in [3.63, 3.8) is 0 Å². The van der Waals surface area contributed by atoms with Gasteiger partial charge in [0, 0.05) is 24.0 Å². The van der Waals surface area contributed by atoms with Crippen LogP contribution in [0.15, 0.2) is 29.2 Å². The summed E-state index contributed by atoms with van der Waals surface area (Å²) in [6, 6.07) is 6.28. The number of ether oxygens (including phenoxy) is 1. The standard InChI is InChI=1S/C18H23FN2O3S/c1-18(2)12-24-17(23)21(18)14-7-9-20(10-8-14)16(22)11-25-15-5-3-13(19)4-6-15/h3-6,14H,7-12H2,1-2H3. The van der Waals surface area contributed by atoms with Crippen molar-refractivity contribution in [3.05, 3.63) is 30.1 Å². The Morgan fingerprint density at radius 1 is 1.28 bits per heavy atom. The first-order valence-electron chi connectivity index (χ1n) is 8.49. The molecule has 0 aliphatic carbocycles. The number of hydrogen-bond acceptors (Lipinski definition) is 4. The summed E-state index contributed by atoms with van der Waals surface area (Å²) in [5.41, 5.74) is -0.285. The molecule has 1 aromatic rings. The third-order valence-electron chi connectivity index (χ3n) is 4.76. The van der Waals surface area contributed by atoms with Crippen LogP contribution in [-0.2, 0) is 9.53 Å². The Hall–Kier alpha value is -1.76. The number of piperidine rings is 1. The van der Waals surface area contributed by atoms with Crippen LogP contribution in [0.2, 0.25) is 0 Å². The molecule has 5 nitrogen and oxygen atoms in total. The lowest BCUT2D eigenvalue weighted by atomic mass is 9.97. The highest BCUT2D eigenvalue weighted by Gasteiger charge is 2.44. The van der Waals surface area contributed by atoms with E-state index in [1.54, 1.807) is 12.1 Å². The summed E-state index contributed by atoms with van der Waals surface area (Å²) < 4.78 is 18.1. The molecule has 1 aromatic carbocycles. The van der Waals surface area contributed by atoms with Crippen LogP contribution < -0.4 is 0 Å². The molecule has 136 valence electrons. The molecule has 2 aliphatic rings. The fraction of sp³-hybridized carbons (Fsp3) is 0.556. The van der Waals surface area contributed by atoms with Gasteiger partial charge >= 0.3 is 6.09 Å². The summed E-state index contributed by atoms with van der Waals surface area (Å²) in [6.07, 6.45) is 1.29. The molecule has 2 aliphatic heterocycles. The SMILES string of the molecule is CC1(C)COC(=O)N1C1CCN(C(=O)CSc2ccc(F)cc2)CC1. The van der Waals surface area contributed by atoms with Crippen LogP contribution in [0.4, 0.5) is 9.18 Å². The van der Waals surface area contributed by atoms with Gasteiger partial charge in [-0.05, 0) is 51.0 Å². The lowest BCUT2D eigenvalue weighted by Crippen LogP contribution is -2.53. The van der Waals surface area contributed by atoms with E-state index >= 15 is 0 Å². The highest BCUT2D eigenvalue weighted by Crippen LogP contribution is 2.30. The van der Waals surface area contributed by atoms with Crippen LogP contribution in [0.1, 0.15) is 26.7 Å². The van der Waals surface area contributed by atoms with Gasteiger partial charge in [-0.25, -0.2) is 9.18 Å². The van der Waals surface area contributed by atoms with Crippen molar-refractivity contribution in [1.82, 2.24) is 9.80 Å². The molecule has 0 bridgehead atoms. The molecule has 2 heterocycles. The molecule has 0 unspecified atom stereocenters. The highest BCUT2D eigenvalue weighted by molar-refractivity contribution is 8.00. The Morgan fingerprint density at radius 3 is 2.48 bits per heavy atom. The fourth-order valence-corrected chi connectivity index (χ4v) is 4.21. The van der Waals surface area contributed by atoms with Crippen molar-refractivity contribution < 1.29 is 18.7 Å². The van der Waals surface area contributed by atoms with Gasteiger partial charge in [-0.2, -0.15) is 0 Å². The van der Waals surface area contributed by atoms with E-state index in [1.807, 2.05) is 23.6 Å². The molecule has 3 rings (SSSR count). The first kappa shape index (κ1) is 18.0. The van der Waals surface area contributed by atoms with E-state index in [2.05, 4.69) is 0 Å². The van der Waals surface area contributed by atoms with Gasteiger partial charge in [0.1, 0.15) is 12.4 Å². The first-order valence-corrected chi connectivity index (χ1v) is 9.47. The number of rotatable bonds is 4. The molecule has 0 spiro atoms. The van der Waals surface area contributed by atoms with Crippen LogP contribution in [0.25, 0.3) is 0 Å². The quantitative estimate of drug-likeness (QED) is 0.768. The molecule has 0 atom stereocenters. The normalized spacial score (nSPS) is 20.7. The second-order valence-electron chi connectivity index (χ2n) is 7.09. The number of halogens is 1. The smallest absolute Gasteiger partial charge is 0.410 e. The molecule has 0 aromatic heterocycles. The minimum absolute atomic E-state index is 0.0797. The van der Waals surface area contributed by atoms with Gasteiger partial charge in [0.15, 0.2) is 0 Å². The first-order chi connectivity index (χ1) is 11.9. The average molecular weight is 366 g/mol. The Kier molecular flexibility index (Phi) is 5.22. The number of thioether (sulfide) groups is 1. The predicted molar refractivity (Wildman–Crippen MR) is 94.0 cm³/mol. The molecule has 0 radical (unpaired) electrons. The van der Waals surface area contributed by atoms with E-state index in [4.69, 9.17) is 4.74 Å². The molecule has 7 heteroatoms. The van der Waals surface area contributed by atoms with E-state index in [9.17, 15) is 14.0 Å². The zero-order valence-corrected chi connectivity index (χ0v) is 15.4. The number of carbonyl (C=O) groups excluding carboxylic acids is 2. The largest absolute Gasteiger partial charge is 0.447 e. The molecule has 0 saturated carbocycles. The molecule has 25 heavy (non-hydrogen) atoms. The number of amides is 2. The summed E-state index contributed by atoms with van der Waals surface area (Å²) in [4.78, 5) is 28.9. The maximum absolute atomic E-state index is 12.9. The average Bonchev–Trinajstić information content (AvgIpc) is 2.87. The number of cyclic esters (lactones) is 1. The van der Waals surface area contributed by atoms with Crippen molar-refractivity contribution in [3.8, 4) is 0 Å². The molecule has 0 N–H and O–H groups in total. The second kappa shape index (κ2) is 7.23. The summed E-state index contributed by atoms with van der Waals surface area (Å²) in [5.74, 6) is 0.144. The van der Waals surface area contributed by atoms with Gasteiger partial charge < -0.3 is 9.64 Å². The van der Waals surface area contributed by atoms with Gasteiger partial charge in [0.05, 0.1) is 11.3 Å². The molecular formula is C18H23FN2O3S. The summed E-state index contributed by atoms with van der Waals surface area (Å²) in [5, 5.41) is 0. The monoisotopic (exact) mass is 366 g/mol. The minimum Gasteiger partial charge on any atom is -0.447 e. The molecule has 2 fully saturated rings. The van der Waals surface area contributed by atoms with Crippen LogP contribution in [-0.4, -0.2) is 58.8 Å². The van der Waals surface area contributed by atoms with Crippen LogP contribution >= 0.6 is 11.8 Å². The molecule has 2 amide bonds. The Labute approximate surface area is 151 Å². The highest BCUT2D eigenvalue weighted by atomic mass is 32.2. The van der Waals surface area contributed by atoms with E-state index in [1.165, 1.54) is 23.9 Å². The predicted octanol–water partition coefficient (Wildman–Crippen LogP) is 3.14. The van der Waals surface area contributed by atoms with E-state index < -0.39 is 0 Å². The van der Waals surface area contributed by atoms with Gasteiger partial charge in [0.2, 0.25) is 5.91 Å². The maximum Gasteiger partial charge on any atom is 0.410 e. The Bertz CT molecular complexity index is 642. The van der Waals surface area contributed by atoms with Crippen LogP contribution in [0.5, 0.6) is 0 Å². The van der Waals surface area contributed by atoms with Gasteiger partial charge in [-0.15, -0.1) is 11.8 Å². The van der Waals surface area contributed by atoms with Gasteiger partial charge in [-0.3, -0.25) is 9.69 Å². The van der Waals surface area contributed by atoms with Crippen LogP contribution in [0, 0.1) is 5.82 Å². The van der Waals surface area contributed by atoms with Crippen molar-refractivity contribution in [2.45, 2.75) is 43.2 Å². The van der Waals surface area contributed by atoms with E-state index in [0.717, 1.165) is 17.7 Å². The van der Waals surface area contributed by atoms with Crippen molar-refractivity contribution in [2.24, 2.45) is 0 Å². The summed E-state index contributed by atoms with van der Waals surface area (Å²) >= 11 is 1.41. The zero-order valence-electron chi connectivity index (χ0n) is 14.5. The molecule has 2 saturated heterocycles. The Balaban J connectivity index is 1.49. The third kappa shape index (κ3) is 4.08. The van der Waals surface area contributed by atoms with Crippen LogP contribution in [0.3, 0.4) is 0 Å². The second-order valence-corrected chi connectivity index (χ2v) is 8.14. The van der Waals surface area contributed by atoms with Crippen molar-refractivity contribution in [2.75, 3.05) is 25.4 Å². The summed E-state index contributed by atoms with van der Waals surface area (Å²) in [6.45, 7) is 5.73. The maximum atomic E-state index is 12.9. The fourth-order valence-electron chi connectivity index (χ4n) is 3.41. The van der Waals surface area contributed by atoms with Crippen molar-refractivity contribution in [1.29, 1.82) is 0 Å². The number of carbonyl (C=O) groups is 2. The molecular weight excluding hydrogens is 343 g/mol. The number of likely N-dealkylation sites (tertiary alicyclic amines) is 1. The van der Waals surface area contributed by atoms with Crippen molar-refractivity contribution >= 4 is 23.8 Å². The van der Waals surface area contributed by atoms with Gasteiger partial charge in [0.25, 0.3) is 0 Å². The third-order valence-corrected chi connectivity index (χ3v) is 5.75. The lowest BCUT2D eigenvalue weighted by Gasteiger charge is -2.40. The zero-order chi connectivity index (χ0) is 18.0. The number of nitrogens with zero attached hydrogens (tertiary/aromatic N) is 2. The number of benzene rings is 1. The van der Waals surface area contributed by atoms with E-state index in [0.29, 0.717) is 25.4 Å². The minimum atomic E-state index is -0.285. The van der Waals surface area contributed by atoms with Gasteiger partial charge in [-0.1, -0.05) is 0 Å². The summed E-state index contributed by atoms with van der Waals surface area (Å²) in [7, 11) is 0.